The Labute approximate surface area is 94.0 Å². The maximum Gasteiger partial charge on any atom is 0.237 e. The molecule has 0 aliphatic heterocycles. The van der Waals surface area contributed by atoms with Gasteiger partial charge in [0.05, 0.1) is 6.04 Å². The van der Waals surface area contributed by atoms with Crippen molar-refractivity contribution in [2.75, 3.05) is 0 Å². The minimum Gasteiger partial charge on any atom is -0.353 e. The van der Waals surface area contributed by atoms with Crippen LogP contribution in [0.1, 0.15) is 53.9 Å². The molecule has 0 saturated carbocycles. The molecule has 0 spiro atoms. The lowest BCUT2D eigenvalue weighted by atomic mass is 10.1. The fraction of sp³-hybridized carbons (Fsp3) is 0.917. The van der Waals surface area contributed by atoms with Crippen molar-refractivity contribution < 1.29 is 4.79 Å². The first kappa shape index (κ1) is 14.4. The topological polar surface area (TPSA) is 41.1 Å². The third-order valence-corrected chi connectivity index (χ3v) is 2.44. The third kappa shape index (κ3) is 6.50. The van der Waals surface area contributed by atoms with Crippen LogP contribution in [-0.2, 0) is 4.79 Å². The number of carbonyl (C=O) groups excluding carboxylic acids is 1. The third-order valence-electron chi connectivity index (χ3n) is 2.44. The maximum absolute atomic E-state index is 11.6. The van der Waals surface area contributed by atoms with Crippen molar-refractivity contribution in [1.29, 1.82) is 0 Å². The van der Waals surface area contributed by atoms with E-state index in [1.165, 1.54) is 0 Å². The number of hydrogen-bond acceptors (Lipinski definition) is 2. The Morgan fingerprint density at radius 1 is 1.20 bits per heavy atom. The molecular weight excluding hydrogens is 188 g/mol. The molecule has 0 aromatic carbocycles. The molecule has 3 nitrogen and oxygen atoms in total. The van der Waals surface area contributed by atoms with Crippen molar-refractivity contribution in [3.05, 3.63) is 0 Å². The van der Waals surface area contributed by atoms with E-state index in [0.29, 0.717) is 6.04 Å². The SMILES string of the molecule is CCCC(CC)NC(C)C(=O)NC(C)C. The Morgan fingerprint density at radius 2 is 1.80 bits per heavy atom. The van der Waals surface area contributed by atoms with Gasteiger partial charge in [-0.2, -0.15) is 0 Å². The zero-order valence-electron chi connectivity index (χ0n) is 10.8. The summed E-state index contributed by atoms with van der Waals surface area (Å²) in [5.74, 6) is 0.0968. The van der Waals surface area contributed by atoms with E-state index in [1.807, 2.05) is 20.8 Å². The van der Waals surface area contributed by atoms with Crippen LogP contribution in [0, 0.1) is 0 Å². The Hall–Kier alpha value is -0.570. The van der Waals surface area contributed by atoms with E-state index in [4.69, 9.17) is 0 Å². The first-order valence-corrected chi connectivity index (χ1v) is 6.07. The lowest BCUT2D eigenvalue weighted by Gasteiger charge is -2.22. The molecule has 0 heterocycles. The molecule has 0 saturated heterocycles. The van der Waals surface area contributed by atoms with Crippen LogP contribution in [0.4, 0.5) is 0 Å². The standard InChI is InChI=1S/C12H26N2O/c1-6-8-11(7-2)14-10(5)12(15)13-9(3)4/h9-11,14H,6-8H2,1-5H3,(H,13,15). The Bertz CT molecular complexity index is 180. The predicted octanol–water partition coefficient (Wildman–Crippen LogP) is 2.07. The maximum atomic E-state index is 11.6. The lowest BCUT2D eigenvalue weighted by Crippen LogP contribution is -2.48. The molecular formula is C12H26N2O. The predicted molar refractivity (Wildman–Crippen MR) is 64.9 cm³/mol. The fourth-order valence-corrected chi connectivity index (χ4v) is 1.59. The molecule has 2 unspecified atom stereocenters. The first-order valence-electron chi connectivity index (χ1n) is 6.07. The van der Waals surface area contributed by atoms with E-state index >= 15 is 0 Å². The normalized spacial score (nSPS) is 15.1. The summed E-state index contributed by atoms with van der Waals surface area (Å²) in [4.78, 5) is 11.6. The van der Waals surface area contributed by atoms with Crippen LogP contribution in [0.15, 0.2) is 0 Å². The largest absolute Gasteiger partial charge is 0.353 e. The van der Waals surface area contributed by atoms with E-state index in [1.54, 1.807) is 0 Å². The smallest absolute Gasteiger partial charge is 0.237 e. The van der Waals surface area contributed by atoms with Gasteiger partial charge in [-0.3, -0.25) is 4.79 Å². The molecule has 3 heteroatoms. The second kappa shape index (κ2) is 7.69. The molecule has 0 aliphatic carbocycles. The lowest BCUT2D eigenvalue weighted by molar-refractivity contribution is -0.123. The van der Waals surface area contributed by atoms with Crippen LogP contribution in [0.3, 0.4) is 0 Å². The quantitative estimate of drug-likeness (QED) is 0.681. The van der Waals surface area contributed by atoms with Crippen LogP contribution < -0.4 is 10.6 Å². The highest BCUT2D eigenvalue weighted by Crippen LogP contribution is 2.02. The molecule has 1 amide bonds. The van der Waals surface area contributed by atoms with Gasteiger partial charge in [0.15, 0.2) is 0 Å². The summed E-state index contributed by atoms with van der Waals surface area (Å²) in [6, 6.07) is 0.583. The molecule has 2 atom stereocenters. The highest BCUT2D eigenvalue weighted by atomic mass is 16.2. The Morgan fingerprint density at radius 3 is 2.20 bits per heavy atom. The number of amides is 1. The van der Waals surface area contributed by atoms with Crippen LogP contribution in [-0.4, -0.2) is 24.0 Å². The van der Waals surface area contributed by atoms with Crippen molar-refractivity contribution in [2.45, 2.75) is 72.0 Å². The summed E-state index contributed by atoms with van der Waals surface area (Å²) in [5, 5.41) is 6.27. The summed E-state index contributed by atoms with van der Waals surface area (Å²) in [6.45, 7) is 10.2. The summed E-state index contributed by atoms with van der Waals surface area (Å²) in [7, 11) is 0. The summed E-state index contributed by atoms with van der Waals surface area (Å²) in [5.41, 5.74) is 0. The molecule has 0 bridgehead atoms. The first-order chi connectivity index (χ1) is 7.01. The summed E-state index contributed by atoms with van der Waals surface area (Å²) < 4.78 is 0. The van der Waals surface area contributed by atoms with E-state index in [9.17, 15) is 4.79 Å². The van der Waals surface area contributed by atoms with E-state index in [0.717, 1.165) is 19.3 Å². The van der Waals surface area contributed by atoms with Gasteiger partial charge in [0.25, 0.3) is 0 Å². The Balaban J connectivity index is 3.97. The average Bonchev–Trinajstić information content (AvgIpc) is 2.15. The van der Waals surface area contributed by atoms with Crippen LogP contribution in [0.2, 0.25) is 0 Å². The number of hydrogen-bond donors (Lipinski definition) is 2. The fourth-order valence-electron chi connectivity index (χ4n) is 1.59. The zero-order valence-corrected chi connectivity index (χ0v) is 10.8. The highest BCUT2D eigenvalue weighted by Gasteiger charge is 2.16. The number of rotatable bonds is 7. The van der Waals surface area contributed by atoms with Gasteiger partial charge < -0.3 is 10.6 Å². The molecule has 0 aromatic rings. The zero-order chi connectivity index (χ0) is 11.8. The van der Waals surface area contributed by atoms with E-state index in [-0.39, 0.29) is 18.0 Å². The van der Waals surface area contributed by atoms with E-state index in [2.05, 4.69) is 24.5 Å². The minimum absolute atomic E-state index is 0.0936. The number of nitrogens with one attached hydrogen (secondary N) is 2. The average molecular weight is 214 g/mol. The molecule has 90 valence electrons. The molecule has 0 fully saturated rings. The van der Waals surface area contributed by atoms with Gasteiger partial charge in [-0.25, -0.2) is 0 Å². The highest BCUT2D eigenvalue weighted by molar-refractivity contribution is 5.81. The van der Waals surface area contributed by atoms with Crippen LogP contribution in [0.5, 0.6) is 0 Å². The minimum atomic E-state index is -0.0936. The summed E-state index contributed by atoms with van der Waals surface area (Å²) in [6.07, 6.45) is 3.37. The van der Waals surface area contributed by atoms with Crippen molar-refractivity contribution in [3.8, 4) is 0 Å². The van der Waals surface area contributed by atoms with E-state index < -0.39 is 0 Å². The van der Waals surface area contributed by atoms with Crippen molar-refractivity contribution in [3.63, 3.8) is 0 Å². The van der Waals surface area contributed by atoms with Gasteiger partial charge >= 0.3 is 0 Å². The van der Waals surface area contributed by atoms with Crippen molar-refractivity contribution >= 4 is 5.91 Å². The molecule has 15 heavy (non-hydrogen) atoms. The molecule has 2 N–H and O–H groups in total. The Kier molecular flexibility index (Phi) is 7.39. The second-order valence-electron chi connectivity index (χ2n) is 4.45. The van der Waals surface area contributed by atoms with Crippen LogP contribution in [0.25, 0.3) is 0 Å². The molecule has 0 aromatic heterocycles. The van der Waals surface area contributed by atoms with Crippen LogP contribution >= 0.6 is 0 Å². The molecule has 0 aliphatic rings. The summed E-state index contributed by atoms with van der Waals surface area (Å²) >= 11 is 0. The van der Waals surface area contributed by atoms with Gasteiger partial charge in [0, 0.05) is 12.1 Å². The number of carbonyl (C=O) groups is 1. The van der Waals surface area contributed by atoms with Gasteiger partial charge in [0.2, 0.25) is 5.91 Å². The second-order valence-corrected chi connectivity index (χ2v) is 4.45. The van der Waals surface area contributed by atoms with Crippen molar-refractivity contribution in [1.82, 2.24) is 10.6 Å². The van der Waals surface area contributed by atoms with Gasteiger partial charge in [-0.15, -0.1) is 0 Å². The molecule has 0 radical (unpaired) electrons. The van der Waals surface area contributed by atoms with Gasteiger partial charge in [-0.05, 0) is 33.6 Å². The molecule has 0 rings (SSSR count). The van der Waals surface area contributed by atoms with Crippen molar-refractivity contribution in [2.24, 2.45) is 0 Å². The van der Waals surface area contributed by atoms with Gasteiger partial charge in [0.1, 0.15) is 0 Å². The van der Waals surface area contributed by atoms with Gasteiger partial charge in [-0.1, -0.05) is 20.3 Å². The monoisotopic (exact) mass is 214 g/mol.